The van der Waals surface area contributed by atoms with Crippen LogP contribution in [-0.4, -0.2) is 16.9 Å². The van der Waals surface area contributed by atoms with E-state index in [0.29, 0.717) is 6.42 Å². The van der Waals surface area contributed by atoms with Crippen LogP contribution in [0.4, 0.5) is 0 Å². The molecule has 0 aromatic heterocycles. The van der Waals surface area contributed by atoms with E-state index >= 15 is 0 Å². The van der Waals surface area contributed by atoms with E-state index in [4.69, 9.17) is 5.11 Å². The Morgan fingerprint density at radius 1 is 1.30 bits per heavy atom. The van der Waals surface area contributed by atoms with Crippen LogP contribution in [-0.2, 0) is 9.59 Å². The first kappa shape index (κ1) is 7.25. The van der Waals surface area contributed by atoms with Crippen molar-refractivity contribution in [1.29, 1.82) is 0 Å². The molecule has 0 amide bonds. The molecule has 1 aliphatic rings. The minimum atomic E-state index is -0.827. The van der Waals surface area contributed by atoms with E-state index in [1.54, 1.807) is 0 Å². The van der Waals surface area contributed by atoms with E-state index < -0.39 is 11.9 Å². The maximum atomic E-state index is 10.7. The van der Waals surface area contributed by atoms with Crippen LogP contribution in [0.5, 0.6) is 0 Å². The average Bonchev–Trinajstić information content (AvgIpc) is 1.56. The van der Waals surface area contributed by atoms with Crippen molar-refractivity contribution in [3.8, 4) is 0 Å². The summed E-state index contributed by atoms with van der Waals surface area (Å²) in [5.41, 5.74) is 0. The summed E-state index contributed by atoms with van der Waals surface area (Å²) in [4.78, 5) is 21.0. The number of Topliss-reactive ketones (excluding diaryl/α,β-unsaturated/α-hetero) is 1. The zero-order valence-corrected chi connectivity index (χ0v) is 5.83. The Hall–Kier alpha value is -0.860. The molecule has 0 aromatic carbocycles. The highest BCUT2D eigenvalue weighted by molar-refractivity contribution is 5.86. The van der Waals surface area contributed by atoms with Gasteiger partial charge >= 0.3 is 5.97 Å². The highest BCUT2D eigenvalue weighted by atomic mass is 16.4. The molecule has 0 unspecified atom stereocenters. The van der Waals surface area contributed by atoms with Crippen LogP contribution in [0.1, 0.15) is 19.8 Å². The molecule has 1 fully saturated rings. The van der Waals surface area contributed by atoms with Gasteiger partial charge in [0, 0.05) is 5.92 Å². The highest BCUT2D eigenvalue weighted by Crippen LogP contribution is 2.34. The SMILES string of the molecule is CC(=O)[C@H]1CC[C@H]1C(=O)O. The molecule has 10 heavy (non-hydrogen) atoms. The number of hydrogen-bond donors (Lipinski definition) is 1. The fourth-order valence-electron chi connectivity index (χ4n) is 1.28. The second-order valence-corrected chi connectivity index (χ2v) is 2.74. The van der Waals surface area contributed by atoms with E-state index in [0.717, 1.165) is 6.42 Å². The number of ketones is 1. The van der Waals surface area contributed by atoms with Crippen LogP contribution in [0.3, 0.4) is 0 Å². The van der Waals surface area contributed by atoms with E-state index in [-0.39, 0.29) is 11.7 Å². The predicted molar refractivity (Wildman–Crippen MR) is 34.5 cm³/mol. The average molecular weight is 142 g/mol. The van der Waals surface area contributed by atoms with Crippen molar-refractivity contribution >= 4 is 11.8 Å². The third-order valence-corrected chi connectivity index (χ3v) is 2.11. The van der Waals surface area contributed by atoms with Gasteiger partial charge in [-0.15, -0.1) is 0 Å². The molecule has 1 N–H and O–H groups in total. The van der Waals surface area contributed by atoms with Crippen molar-refractivity contribution in [3.63, 3.8) is 0 Å². The van der Waals surface area contributed by atoms with Gasteiger partial charge in [-0.05, 0) is 19.8 Å². The summed E-state index contributed by atoms with van der Waals surface area (Å²) in [6.45, 7) is 1.46. The smallest absolute Gasteiger partial charge is 0.307 e. The molecule has 0 spiro atoms. The van der Waals surface area contributed by atoms with Crippen LogP contribution in [0.25, 0.3) is 0 Å². The lowest BCUT2D eigenvalue weighted by Gasteiger charge is -2.30. The molecule has 56 valence electrons. The van der Waals surface area contributed by atoms with E-state index in [9.17, 15) is 9.59 Å². The van der Waals surface area contributed by atoms with Gasteiger partial charge in [-0.25, -0.2) is 0 Å². The van der Waals surface area contributed by atoms with Crippen LogP contribution in [0.15, 0.2) is 0 Å². The Bertz CT molecular complexity index is 154. The van der Waals surface area contributed by atoms with Crippen molar-refractivity contribution in [3.05, 3.63) is 0 Å². The van der Waals surface area contributed by atoms with E-state index in [1.807, 2.05) is 0 Å². The molecule has 0 radical (unpaired) electrons. The minimum Gasteiger partial charge on any atom is -0.481 e. The first-order valence-corrected chi connectivity index (χ1v) is 3.36. The summed E-state index contributed by atoms with van der Waals surface area (Å²) < 4.78 is 0. The van der Waals surface area contributed by atoms with Gasteiger partial charge in [0.05, 0.1) is 5.92 Å². The van der Waals surface area contributed by atoms with Crippen molar-refractivity contribution in [1.82, 2.24) is 0 Å². The number of rotatable bonds is 2. The normalized spacial score (nSPS) is 30.9. The number of hydrogen-bond acceptors (Lipinski definition) is 2. The zero-order chi connectivity index (χ0) is 7.72. The summed E-state index contributed by atoms with van der Waals surface area (Å²) in [5.74, 6) is -1.40. The van der Waals surface area contributed by atoms with Crippen LogP contribution in [0, 0.1) is 11.8 Å². The molecule has 0 heterocycles. The molecular formula is C7H10O3. The van der Waals surface area contributed by atoms with Gasteiger partial charge in [-0.3, -0.25) is 9.59 Å². The molecule has 1 rings (SSSR count). The van der Waals surface area contributed by atoms with Crippen LogP contribution >= 0.6 is 0 Å². The van der Waals surface area contributed by atoms with Crippen molar-refractivity contribution in [2.45, 2.75) is 19.8 Å². The first-order chi connectivity index (χ1) is 4.63. The molecule has 2 atom stereocenters. The third kappa shape index (κ3) is 1.03. The van der Waals surface area contributed by atoms with Gasteiger partial charge in [-0.1, -0.05) is 0 Å². The Morgan fingerprint density at radius 2 is 1.80 bits per heavy atom. The zero-order valence-electron chi connectivity index (χ0n) is 5.83. The molecule has 0 aromatic rings. The van der Waals surface area contributed by atoms with Gasteiger partial charge in [0.2, 0.25) is 0 Å². The number of aliphatic carboxylic acids is 1. The molecule has 0 bridgehead atoms. The fraction of sp³-hybridized carbons (Fsp3) is 0.714. The lowest BCUT2D eigenvalue weighted by molar-refractivity contribution is -0.151. The molecule has 0 saturated heterocycles. The van der Waals surface area contributed by atoms with Gasteiger partial charge in [0.15, 0.2) is 0 Å². The predicted octanol–water partition coefficient (Wildman–Crippen LogP) is 0.686. The van der Waals surface area contributed by atoms with Crippen LogP contribution in [0.2, 0.25) is 0 Å². The Morgan fingerprint density at radius 3 is 1.90 bits per heavy atom. The van der Waals surface area contributed by atoms with Crippen LogP contribution < -0.4 is 0 Å². The quantitative estimate of drug-likeness (QED) is 0.617. The second kappa shape index (κ2) is 2.40. The maximum Gasteiger partial charge on any atom is 0.307 e. The maximum absolute atomic E-state index is 10.7. The standard InChI is InChI=1S/C7H10O3/c1-4(8)5-2-3-6(5)7(9)10/h5-6H,2-3H2,1H3,(H,9,10)/t5-,6-/m1/s1. The second-order valence-electron chi connectivity index (χ2n) is 2.74. The lowest BCUT2D eigenvalue weighted by atomic mass is 9.72. The first-order valence-electron chi connectivity index (χ1n) is 3.36. The summed E-state index contributed by atoms with van der Waals surface area (Å²) >= 11 is 0. The largest absolute Gasteiger partial charge is 0.481 e. The molecule has 3 nitrogen and oxygen atoms in total. The minimum absolute atomic E-state index is 0.0126. The number of carboxylic acid groups (broad SMARTS) is 1. The Kier molecular flexibility index (Phi) is 1.74. The monoisotopic (exact) mass is 142 g/mol. The number of carbonyl (C=O) groups excluding carboxylic acids is 1. The van der Waals surface area contributed by atoms with E-state index in [2.05, 4.69) is 0 Å². The van der Waals surface area contributed by atoms with Gasteiger partial charge < -0.3 is 5.11 Å². The summed E-state index contributed by atoms with van der Waals surface area (Å²) in [7, 11) is 0. The van der Waals surface area contributed by atoms with Gasteiger partial charge in [0.1, 0.15) is 5.78 Å². The van der Waals surface area contributed by atoms with E-state index in [1.165, 1.54) is 6.92 Å². The molecular weight excluding hydrogens is 132 g/mol. The van der Waals surface area contributed by atoms with Crippen molar-refractivity contribution in [2.75, 3.05) is 0 Å². The summed E-state index contributed by atoms with van der Waals surface area (Å²) in [5, 5.41) is 8.50. The number of carbonyl (C=O) groups is 2. The molecule has 1 saturated carbocycles. The number of carboxylic acids is 1. The molecule has 3 heteroatoms. The van der Waals surface area contributed by atoms with Crippen molar-refractivity contribution < 1.29 is 14.7 Å². The van der Waals surface area contributed by atoms with Gasteiger partial charge in [-0.2, -0.15) is 0 Å². The molecule has 0 aliphatic heterocycles. The topological polar surface area (TPSA) is 54.4 Å². The third-order valence-electron chi connectivity index (χ3n) is 2.11. The fourth-order valence-corrected chi connectivity index (χ4v) is 1.28. The molecule has 1 aliphatic carbocycles. The lowest BCUT2D eigenvalue weighted by Crippen LogP contribution is -2.36. The highest BCUT2D eigenvalue weighted by Gasteiger charge is 2.39. The summed E-state index contributed by atoms with van der Waals surface area (Å²) in [6, 6.07) is 0. The Labute approximate surface area is 59.0 Å². The van der Waals surface area contributed by atoms with Crippen molar-refractivity contribution in [2.24, 2.45) is 11.8 Å². The summed E-state index contributed by atoms with van der Waals surface area (Å²) in [6.07, 6.45) is 1.42. The van der Waals surface area contributed by atoms with Gasteiger partial charge in [0.25, 0.3) is 0 Å². The Balaban J connectivity index is 2.51.